The highest BCUT2D eigenvalue weighted by Gasteiger charge is 2.21. The molecule has 0 saturated carbocycles. The third-order valence-corrected chi connectivity index (χ3v) is 3.92. The fraction of sp³-hybridized carbons (Fsp3) is 0.143. The van der Waals surface area contributed by atoms with Gasteiger partial charge < -0.3 is 20.3 Å². The van der Waals surface area contributed by atoms with Gasteiger partial charge in [-0.2, -0.15) is 0 Å². The third kappa shape index (κ3) is 2.82. The van der Waals surface area contributed by atoms with Crippen LogP contribution in [-0.2, 0) is 4.74 Å². The fourth-order valence-electron chi connectivity index (χ4n) is 1.74. The maximum absolute atomic E-state index is 12.2. The number of aryl methyl sites for hydroxylation is 1. The smallest absolute Gasteiger partial charge is 0.350 e. The maximum Gasteiger partial charge on any atom is 0.350 e. The summed E-state index contributed by atoms with van der Waals surface area (Å²) in [5, 5.41) is 23.4. The molecule has 0 saturated heterocycles. The maximum atomic E-state index is 12.2. The van der Waals surface area contributed by atoms with E-state index in [1.54, 1.807) is 12.3 Å². The summed E-state index contributed by atoms with van der Waals surface area (Å²) in [5.41, 5.74) is 0.949. The Morgan fingerprint density at radius 2 is 2.00 bits per heavy atom. The van der Waals surface area contributed by atoms with Crippen LogP contribution in [0.3, 0.4) is 0 Å². The van der Waals surface area contributed by atoms with Crippen LogP contribution >= 0.6 is 11.3 Å². The largest absolute Gasteiger partial charge is 0.504 e. The van der Waals surface area contributed by atoms with Gasteiger partial charge in [0.25, 0.3) is 5.91 Å². The second-order valence-electron chi connectivity index (χ2n) is 4.24. The van der Waals surface area contributed by atoms with Gasteiger partial charge in [0.2, 0.25) is 0 Å². The number of amides is 1. The molecule has 0 atom stereocenters. The Morgan fingerprint density at radius 1 is 1.29 bits per heavy atom. The van der Waals surface area contributed by atoms with Crippen molar-refractivity contribution in [2.24, 2.45) is 0 Å². The van der Waals surface area contributed by atoms with E-state index in [1.165, 1.54) is 25.3 Å². The van der Waals surface area contributed by atoms with E-state index in [0.717, 1.165) is 11.3 Å². The van der Waals surface area contributed by atoms with Gasteiger partial charge in [-0.1, -0.05) is 6.07 Å². The van der Waals surface area contributed by atoms with Gasteiger partial charge in [0.05, 0.1) is 18.4 Å². The number of methoxy groups -OCH3 is 1. The topological polar surface area (TPSA) is 95.9 Å². The van der Waals surface area contributed by atoms with E-state index in [9.17, 15) is 19.8 Å². The van der Waals surface area contributed by atoms with Crippen molar-refractivity contribution in [2.75, 3.05) is 12.4 Å². The molecule has 1 amide bonds. The summed E-state index contributed by atoms with van der Waals surface area (Å²) in [4.78, 5) is 24.1. The van der Waals surface area contributed by atoms with Crippen molar-refractivity contribution in [3.63, 3.8) is 0 Å². The molecule has 2 aromatic rings. The lowest BCUT2D eigenvalue weighted by Gasteiger charge is -2.09. The highest BCUT2D eigenvalue weighted by molar-refractivity contribution is 7.12. The van der Waals surface area contributed by atoms with E-state index < -0.39 is 23.4 Å². The predicted molar refractivity (Wildman–Crippen MR) is 78.1 cm³/mol. The lowest BCUT2D eigenvalue weighted by molar-refractivity contribution is 0.0607. The number of para-hydroxylation sites is 1. The average Bonchev–Trinajstić information content (AvgIpc) is 2.82. The van der Waals surface area contributed by atoms with E-state index in [2.05, 4.69) is 10.1 Å². The van der Waals surface area contributed by atoms with Crippen LogP contribution in [0.4, 0.5) is 5.69 Å². The summed E-state index contributed by atoms with van der Waals surface area (Å²) in [6.45, 7) is 1.74. The molecule has 110 valence electrons. The lowest BCUT2D eigenvalue weighted by atomic mass is 10.1. The minimum Gasteiger partial charge on any atom is -0.504 e. The number of carbonyl (C=O) groups is 2. The second kappa shape index (κ2) is 5.84. The lowest BCUT2D eigenvalue weighted by Crippen LogP contribution is -2.15. The van der Waals surface area contributed by atoms with E-state index in [-0.39, 0.29) is 10.4 Å². The van der Waals surface area contributed by atoms with Crippen LogP contribution in [0.25, 0.3) is 0 Å². The summed E-state index contributed by atoms with van der Waals surface area (Å²) in [5.74, 6) is -2.08. The molecule has 2 rings (SSSR count). The van der Waals surface area contributed by atoms with E-state index in [4.69, 9.17) is 0 Å². The van der Waals surface area contributed by atoms with Gasteiger partial charge in [0, 0.05) is 0 Å². The molecular formula is C14H13NO5S. The van der Waals surface area contributed by atoms with Crippen LogP contribution in [-0.4, -0.2) is 29.2 Å². The van der Waals surface area contributed by atoms with E-state index in [1.807, 2.05) is 0 Å². The van der Waals surface area contributed by atoms with Crippen LogP contribution in [0.2, 0.25) is 0 Å². The first-order chi connectivity index (χ1) is 9.95. The van der Waals surface area contributed by atoms with Gasteiger partial charge in [-0.15, -0.1) is 11.3 Å². The molecule has 7 heteroatoms. The Balaban J connectivity index is 2.34. The van der Waals surface area contributed by atoms with Crippen molar-refractivity contribution in [3.05, 3.63) is 39.6 Å². The van der Waals surface area contributed by atoms with Gasteiger partial charge in [-0.25, -0.2) is 4.79 Å². The van der Waals surface area contributed by atoms with Crippen molar-refractivity contribution in [1.29, 1.82) is 0 Å². The molecule has 0 aliphatic carbocycles. The van der Waals surface area contributed by atoms with Gasteiger partial charge in [0.15, 0.2) is 11.5 Å². The van der Waals surface area contributed by atoms with Gasteiger partial charge in [0.1, 0.15) is 4.88 Å². The van der Waals surface area contributed by atoms with E-state index >= 15 is 0 Å². The Bertz CT molecular complexity index is 707. The molecule has 0 fully saturated rings. The summed E-state index contributed by atoms with van der Waals surface area (Å²) >= 11 is 1.15. The second-order valence-corrected chi connectivity index (χ2v) is 5.12. The summed E-state index contributed by atoms with van der Waals surface area (Å²) < 4.78 is 4.65. The first-order valence-corrected chi connectivity index (χ1v) is 6.82. The zero-order valence-corrected chi connectivity index (χ0v) is 12.2. The number of anilines is 1. The summed E-state index contributed by atoms with van der Waals surface area (Å²) in [7, 11) is 1.25. The first kappa shape index (κ1) is 14.9. The van der Waals surface area contributed by atoms with Crippen LogP contribution in [0.1, 0.15) is 25.6 Å². The number of hydrogen-bond donors (Lipinski definition) is 3. The molecule has 1 aromatic heterocycles. The molecule has 0 aliphatic rings. The van der Waals surface area contributed by atoms with Crippen LogP contribution in [0.15, 0.2) is 23.6 Å². The molecule has 21 heavy (non-hydrogen) atoms. The number of hydrogen-bond acceptors (Lipinski definition) is 6. The van der Waals surface area contributed by atoms with Gasteiger partial charge in [-0.3, -0.25) is 4.79 Å². The normalized spacial score (nSPS) is 10.2. The van der Waals surface area contributed by atoms with Crippen molar-refractivity contribution in [3.8, 4) is 11.5 Å². The Labute approximate surface area is 124 Å². The SMILES string of the molecule is COC(=O)c1scc(C)c1NC(=O)c1cccc(O)c1O. The highest BCUT2D eigenvalue weighted by Crippen LogP contribution is 2.32. The summed E-state index contributed by atoms with van der Waals surface area (Å²) in [6, 6.07) is 4.07. The molecule has 0 spiro atoms. The van der Waals surface area contributed by atoms with Crippen LogP contribution in [0.5, 0.6) is 11.5 Å². The number of aromatic hydroxyl groups is 2. The number of carbonyl (C=O) groups excluding carboxylic acids is 2. The van der Waals surface area contributed by atoms with Crippen molar-refractivity contribution in [2.45, 2.75) is 6.92 Å². The van der Waals surface area contributed by atoms with E-state index in [0.29, 0.717) is 11.3 Å². The van der Waals surface area contributed by atoms with Gasteiger partial charge >= 0.3 is 5.97 Å². The number of ether oxygens (including phenoxy) is 1. The fourth-order valence-corrected chi connectivity index (χ4v) is 2.66. The number of phenols is 2. The first-order valence-electron chi connectivity index (χ1n) is 5.94. The Morgan fingerprint density at radius 3 is 2.67 bits per heavy atom. The van der Waals surface area contributed by atoms with Crippen LogP contribution < -0.4 is 5.32 Å². The minimum atomic E-state index is -0.630. The molecular weight excluding hydrogens is 294 g/mol. The average molecular weight is 307 g/mol. The quantitative estimate of drug-likeness (QED) is 0.598. The zero-order chi connectivity index (χ0) is 15.6. The number of esters is 1. The monoisotopic (exact) mass is 307 g/mol. The van der Waals surface area contributed by atoms with Crippen LogP contribution in [0, 0.1) is 6.92 Å². The number of benzene rings is 1. The minimum absolute atomic E-state index is 0.0867. The third-order valence-electron chi connectivity index (χ3n) is 2.84. The number of phenolic OH excluding ortho intramolecular Hbond substituents is 2. The molecule has 1 aromatic carbocycles. The molecule has 0 radical (unpaired) electrons. The molecule has 0 bridgehead atoms. The molecule has 3 N–H and O–H groups in total. The Hall–Kier alpha value is -2.54. The summed E-state index contributed by atoms with van der Waals surface area (Å²) in [6.07, 6.45) is 0. The Kier molecular flexibility index (Phi) is 4.13. The predicted octanol–water partition coefficient (Wildman–Crippen LogP) is 2.51. The zero-order valence-electron chi connectivity index (χ0n) is 11.3. The van der Waals surface area contributed by atoms with Crippen molar-refractivity contribution in [1.82, 2.24) is 0 Å². The highest BCUT2D eigenvalue weighted by atomic mass is 32.1. The van der Waals surface area contributed by atoms with Crippen molar-refractivity contribution >= 4 is 28.9 Å². The molecule has 0 unspecified atom stereocenters. The molecule has 6 nitrogen and oxygen atoms in total. The number of rotatable bonds is 3. The van der Waals surface area contributed by atoms with Crippen molar-refractivity contribution < 1.29 is 24.5 Å². The number of nitrogens with one attached hydrogen (secondary N) is 1. The van der Waals surface area contributed by atoms with Gasteiger partial charge in [-0.05, 0) is 30.0 Å². The number of thiophene rings is 1. The molecule has 0 aliphatic heterocycles. The molecule has 1 heterocycles. The standard InChI is InChI=1S/C14H13NO5S/c1-7-6-21-12(14(19)20-2)10(7)15-13(18)8-4-3-5-9(16)11(8)17/h3-6,16-17H,1-2H3,(H,15,18).